The van der Waals surface area contributed by atoms with Crippen LogP contribution >= 0.6 is 11.6 Å². The van der Waals surface area contributed by atoms with Gasteiger partial charge in [0.05, 0.1) is 11.1 Å². The van der Waals surface area contributed by atoms with E-state index in [0.29, 0.717) is 32.7 Å². The fraction of sp³-hybridized carbons (Fsp3) is 0.263. The predicted octanol–water partition coefficient (Wildman–Crippen LogP) is 3.14. The number of hydrogen-bond donors (Lipinski definition) is 1. The molecule has 5 nitrogen and oxygen atoms in total. The van der Waals surface area contributed by atoms with Crippen molar-refractivity contribution in [2.24, 2.45) is 0 Å². The molecular formula is C19H18ClFN2O3. The van der Waals surface area contributed by atoms with Gasteiger partial charge >= 0.3 is 5.97 Å². The summed E-state index contributed by atoms with van der Waals surface area (Å²) in [6.45, 7) is 3.03. The van der Waals surface area contributed by atoms with Crippen LogP contribution in [-0.2, 0) is 6.54 Å². The van der Waals surface area contributed by atoms with Crippen molar-refractivity contribution in [3.63, 3.8) is 0 Å². The molecule has 1 aliphatic heterocycles. The molecule has 1 heterocycles. The molecule has 1 saturated heterocycles. The molecule has 0 aliphatic carbocycles. The van der Waals surface area contributed by atoms with Crippen LogP contribution < -0.4 is 0 Å². The lowest BCUT2D eigenvalue weighted by molar-refractivity contribution is 0.0623. The first kappa shape index (κ1) is 18.4. The van der Waals surface area contributed by atoms with Crippen LogP contribution in [0.4, 0.5) is 4.39 Å². The minimum absolute atomic E-state index is 0.0344. The summed E-state index contributed by atoms with van der Waals surface area (Å²) in [5.41, 5.74) is 1.31. The zero-order valence-corrected chi connectivity index (χ0v) is 14.7. The highest BCUT2D eigenvalue weighted by Crippen LogP contribution is 2.18. The van der Waals surface area contributed by atoms with Crippen molar-refractivity contribution < 1.29 is 19.1 Å². The molecule has 3 rings (SSSR count). The quantitative estimate of drug-likeness (QED) is 0.890. The highest BCUT2D eigenvalue weighted by atomic mass is 35.5. The molecule has 0 bridgehead atoms. The van der Waals surface area contributed by atoms with Gasteiger partial charge in [-0.05, 0) is 35.9 Å². The number of carbonyl (C=O) groups excluding carboxylic acids is 1. The van der Waals surface area contributed by atoms with Crippen molar-refractivity contribution in [1.29, 1.82) is 0 Å². The summed E-state index contributed by atoms with van der Waals surface area (Å²) in [5.74, 6) is -1.88. The molecule has 0 aromatic heterocycles. The fourth-order valence-corrected chi connectivity index (χ4v) is 3.11. The first-order chi connectivity index (χ1) is 12.4. The predicted molar refractivity (Wildman–Crippen MR) is 96.0 cm³/mol. The standard InChI is InChI=1S/C19H18ClFN2O3/c20-15-5-6-16(17(21)11-15)18(24)23-9-7-22(8-10-23)12-13-1-3-14(4-2-13)19(25)26/h1-6,11H,7-10,12H2,(H,25,26). The number of hydrogen-bond acceptors (Lipinski definition) is 3. The van der Waals surface area contributed by atoms with Gasteiger partial charge in [0.15, 0.2) is 0 Å². The van der Waals surface area contributed by atoms with E-state index in [2.05, 4.69) is 4.90 Å². The van der Waals surface area contributed by atoms with Crippen molar-refractivity contribution >= 4 is 23.5 Å². The topological polar surface area (TPSA) is 60.9 Å². The third kappa shape index (κ3) is 4.20. The first-order valence-corrected chi connectivity index (χ1v) is 8.61. The Bertz CT molecular complexity index is 818. The Balaban J connectivity index is 1.57. The smallest absolute Gasteiger partial charge is 0.335 e. The van der Waals surface area contributed by atoms with Crippen molar-refractivity contribution in [1.82, 2.24) is 9.80 Å². The van der Waals surface area contributed by atoms with Crippen LogP contribution in [0, 0.1) is 5.82 Å². The Kier molecular flexibility index (Phi) is 5.54. The van der Waals surface area contributed by atoms with E-state index in [1.807, 2.05) is 0 Å². The van der Waals surface area contributed by atoms with Gasteiger partial charge in [0.1, 0.15) is 5.82 Å². The van der Waals surface area contributed by atoms with Crippen molar-refractivity contribution in [2.45, 2.75) is 6.54 Å². The molecule has 2 aromatic rings. The van der Waals surface area contributed by atoms with Crippen LogP contribution in [0.1, 0.15) is 26.3 Å². The zero-order valence-electron chi connectivity index (χ0n) is 14.0. The molecule has 0 unspecified atom stereocenters. The first-order valence-electron chi connectivity index (χ1n) is 8.23. The molecule has 0 atom stereocenters. The maximum absolute atomic E-state index is 13.9. The van der Waals surface area contributed by atoms with Crippen LogP contribution in [-0.4, -0.2) is 53.0 Å². The number of benzene rings is 2. The lowest BCUT2D eigenvalue weighted by Crippen LogP contribution is -2.48. The molecular weight excluding hydrogens is 359 g/mol. The molecule has 1 fully saturated rings. The number of carbonyl (C=O) groups is 2. The molecule has 0 spiro atoms. The Labute approximate surface area is 155 Å². The highest BCUT2D eigenvalue weighted by molar-refractivity contribution is 6.30. The Morgan fingerprint density at radius 3 is 2.27 bits per heavy atom. The van der Waals surface area contributed by atoms with E-state index in [1.165, 1.54) is 12.1 Å². The Morgan fingerprint density at radius 1 is 1.04 bits per heavy atom. The van der Waals surface area contributed by atoms with E-state index < -0.39 is 11.8 Å². The second-order valence-electron chi connectivity index (χ2n) is 6.19. The van der Waals surface area contributed by atoms with Crippen molar-refractivity contribution in [3.05, 3.63) is 70.0 Å². The number of carboxylic acid groups (broad SMARTS) is 1. The van der Waals surface area contributed by atoms with Gasteiger partial charge in [0.25, 0.3) is 5.91 Å². The van der Waals surface area contributed by atoms with E-state index >= 15 is 0 Å². The molecule has 1 amide bonds. The summed E-state index contributed by atoms with van der Waals surface area (Å²) in [5, 5.41) is 9.19. The van der Waals surface area contributed by atoms with Crippen LogP contribution in [0.15, 0.2) is 42.5 Å². The molecule has 1 aliphatic rings. The fourth-order valence-electron chi connectivity index (χ4n) is 2.95. The van der Waals surface area contributed by atoms with Gasteiger partial charge in [-0.1, -0.05) is 23.7 Å². The maximum atomic E-state index is 13.9. The lowest BCUT2D eigenvalue weighted by Gasteiger charge is -2.34. The van der Waals surface area contributed by atoms with Gasteiger partial charge in [-0.15, -0.1) is 0 Å². The lowest BCUT2D eigenvalue weighted by atomic mass is 10.1. The van der Waals surface area contributed by atoms with E-state index in [-0.39, 0.29) is 22.1 Å². The molecule has 136 valence electrons. The number of carboxylic acids is 1. The summed E-state index contributed by atoms with van der Waals surface area (Å²) in [4.78, 5) is 27.2. The average Bonchev–Trinajstić information content (AvgIpc) is 2.62. The minimum atomic E-state index is -0.946. The molecule has 0 radical (unpaired) electrons. The molecule has 1 N–H and O–H groups in total. The van der Waals surface area contributed by atoms with Crippen LogP contribution in [0.2, 0.25) is 5.02 Å². The number of piperazine rings is 1. The SMILES string of the molecule is O=C(O)c1ccc(CN2CCN(C(=O)c3ccc(Cl)cc3F)CC2)cc1. The summed E-state index contributed by atoms with van der Waals surface area (Å²) >= 11 is 5.73. The second kappa shape index (κ2) is 7.85. The monoisotopic (exact) mass is 376 g/mol. The van der Waals surface area contributed by atoms with E-state index in [9.17, 15) is 14.0 Å². The summed E-state index contributed by atoms with van der Waals surface area (Å²) in [7, 11) is 0. The van der Waals surface area contributed by atoms with E-state index in [0.717, 1.165) is 11.6 Å². The third-order valence-corrected chi connectivity index (χ3v) is 4.66. The van der Waals surface area contributed by atoms with E-state index in [1.54, 1.807) is 29.2 Å². The average molecular weight is 377 g/mol. The summed E-state index contributed by atoms with van der Waals surface area (Å²) < 4.78 is 13.9. The third-order valence-electron chi connectivity index (χ3n) is 4.43. The van der Waals surface area contributed by atoms with Gasteiger partial charge in [-0.3, -0.25) is 9.69 Å². The zero-order chi connectivity index (χ0) is 18.7. The van der Waals surface area contributed by atoms with Crippen molar-refractivity contribution in [2.75, 3.05) is 26.2 Å². The Hall–Kier alpha value is -2.44. The number of halogens is 2. The molecule has 26 heavy (non-hydrogen) atoms. The van der Waals surface area contributed by atoms with Crippen LogP contribution in [0.25, 0.3) is 0 Å². The highest BCUT2D eigenvalue weighted by Gasteiger charge is 2.24. The number of rotatable bonds is 4. The summed E-state index contributed by atoms with van der Waals surface area (Å²) in [6, 6.07) is 10.8. The van der Waals surface area contributed by atoms with Gasteiger partial charge in [-0.25, -0.2) is 9.18 Å². The second-order valence-corrected chi connectivity index (χ2v) is 6.63. The largest absolute Gasteiger partial charge is 0.478 e. The van der Waals surface area contributed by atoms with Gasteiger partial charge in [-0.2, -0.15) is 0 Å². The van der Waals surface area contributed by atoms with Gasteiger partial charge < -0.3 is 10.0 Å². The van der Waals surface area contributed by atoms with Gasteiger partial charge in [0.2, 0.25) is 0 Å². The summed E-state index contributed by atoms with van der Waals surface area (Å²) in [6.07, 6.45) is 0. The molecule has 2 aromatic carbocycles. The van der Waals surface area contributed by atoms with Crippen molar-refractivity contribution in [3.8, 4) is 0 Å². The van der Waals surface area contributed by atoms with E-state index in [4.69, 9.17) is 16.7 Å². The van der Waals surface area contributed by atoms with Gasteiger partial charge in [0, 0.05) is 37.7 Å². The minimum Gasteiger partial charge on any atom is -0.478 e. The maximum Gasteiger partial charge on any atom is 0.335 e. The molecule has 7 heteroatoms. The Morgan fingerprint density at radius 2 is 1.69 bits per heavy atom. The normalized spacial score (nSPS) is 15.1. The van der Waals surface area contributed by atoms with Crippen LogP contribution in [0.3, 0.4) is 0 Å². The van der Waals surface area contributed by atoms with Crippen LogP contribution in [0.5, 0.6) is 0 Å². The number of aromatic carboxylic acids is 1. The number of nitrogens with zero attached hydrogens (tertiary/aromatic N) is 2. The number of amides is 1. The molecule has 0 saturated carbocycles.